The minimum absolute atomic E-state index is 0.367. The number of amides is 1. The molecule has 0 aromatic heterocycles. The monoisotopic (exact) mass is 1110 g/mol. The number of hydrogen-bond donors (Lipinski definition) is 5. The van der Waals surface area contributed by atoms with Crippen LogP contribution in [0.1, 0.15) is 406 Å². The molecule has 1 amide bonds. The molecule has 0 rings (SSSR count). The van der Waals surface area contributed by atoms with Crippen molar-refractivity contribution < 1.29 is 25.2 Å². The lowest BCUT2D eigenvalue weighted by Gasteiger charge is -2.27. The summed E-state index contributed by atoms with van der Waals surface area (Å²) < 4.78 is 0. The summed E-state index contributed by atoms with van der Waals surface area (Å²) in [4.78, 5) is 12.7. The Morgan fingerprint density at radius 2 is 0.519 bits per heavy atom. The summed E-state index contributed by atoms with van der Waals surface area (Å²) in [5.41, 5.74) is 0. The molecule has 0 aromatic rings. The summed E-state index contributed by atoms with van der Waals surface area (Å²) in [5, 5.41) is 44.2. The number of allylic oxidation sites excluding steroid dienone is 4. The number of nitrogens with one attached hydrogen (secondary N) is 1. The second kappa shape index (κ2) is 67.6. The summed E-state index contributed by atoms with van der Waals surface area (Å²) in [6.45, 7) is 4.10. The van der Waals surface area contributed by atoms with Gasteiger partial charge in [-0.2, -0.15) is 0 Å². The van der Waals surface area contributed by atoms with Gasteiger partial charge >= 0.3 is 0 Å². The van der Waals surface area contributed by atoms with Crippen molar-refractivity contribution in [3.05, 3.63) is 24.3 Å². The molecule has 6 nitrogen and oxygen atoms in total. The van der Waals surface area contributed by atoms with Crippen LogP contribution < -0.4 is 5.32 Å². The van der Waals surface area contributed by atoms with Gasteiger partial charge in [-0.25, -0.2) is 0 Å². The molecule has 0 radical (unpaired) electrons. The second-order valence-electron chi connectivity index (χ2n) is 25.3. The molecule has 79 heavy (non-hydrogen) atoms. The molecular formula is C73H143NO5. The highest BCUT2D eigenvalue weighted by Gasteiger charge is 2.28. The van der Waals surface area contributed by atoms with Crippen molar-refractivity contribution >= 4 is 5.91 Å². The summed E-state index contributed by atoms with van der Waals surface area (Å²) in [6, 6.07) is -1.00. The van der Waals surface area contributed by atoms with Crippen molar-refractivity contribution in [3.8, 4) is 0 Å². The molecule has 0 aliphatic carbocycles. The summed E-state index contributed by atoms with van der Waals surface area (Å²) >= 11 is 0. The Morgan fingerprint density at radius 1 is 0.304 bits per heavy atom. The number of carbonyl (C=O) groups excluding carboxylic acids is 1. The lowest BCUT2D eigenvalue weighted by molar-refractivity contribution is -0.132. The highest BCUT2D eigenvalue weighted by molar-refractivity contribution is 5.80. The van der Waals surface area contributed by atoms with E-state index < -0.39 is 36.9 Å². The lowest BCUT2D eigenvalue weighted by Crippen LogP contribution is -2.53. The molecule has 470 valence electrons. The van der Waals surface area contributed by atoms with Crippen molar-refractivity contribution in [1.82, 2.24) is 5.32 Å². The quantitative estimate of drug-likeness (QED) is 0.0308. The van der Waals surface area contributed by atoms with Crippen LogP contribution in [0.25, 0.3) is 0 Å². The smallest absolute Gasteiger partial charge is 0.249 e. The maximum Gasteiger partial charge on any atom is 0.249 e. The standard InChI is InChI=1S/C73H143NO5/c1-3-5-7-9-11-13-15-17-19-21-23-25-27-29-30-31-32-33-34-35-36-37-38-39-40-41-43-45-47-49-51-53-55-57-59-61-63-65-67-71(77)73(79)74-69(68-75)72(78)70(76)66-64-62-60-58-56-54-52-50-48-46-44-42-28-26-24-22-20-18-16-14-12-10-8-6-4-2/h35-36,58,60,69-72,75-78H,3-34,37-57,59,61-68H2,1-2H3,(H,74,79)/b36-35-,60-58+. The first-order valence-corrected chi connectivity index (χ1v) is 36.2. The third-order valence-electron chi connectivity index (χ3n) is 17.4. The van der Waals surface area contributed by atoms with Gasteiger partial charge in [0.25, 0.3) is 0 Å². The van der Waals surface area contributed by atoms with Gasteiger partial charge in [-0.1, -0.05) is 366 Å². The first-order valence-electron chi connectivity index (χ1n) is 36.2. The lowest BCUT2D eigenvalue weighted by atomic mass is 10.00. The van der Waals surface area contributed by atoms with Crippen LogP contribution in [0.5, 0.6) is 0 Å². The van der Waals surface area contributed by atoms with E-state index in [1.165, 1.54) is 340 Å². The Kier molecular flexibility index (Phi) is 66.5. The van der Waals surface area contributed by atoms with E-state index in [1.54, 1.807) is 0 Å². The number of carbonyl (C=O) groups is 1. The number of rotatable bonds is 68. The van der Waals surface area contributed by atoms with Crippen LogP contribution in [0, 0.1) is 0 Å². The Labute approximate surface area is 495 Å². The SMILES string of the molecule is CCCCCCCCCCCCCCCCCCCC/C=C\CCCCCCCCCCCCCCCCCCC(O)C(=O)NC(CO)C(O)C(O)CCC/C=C/CCCCCCCCCCCCCCCCCCCCCC. The van der Waals surface area contributed by atoms with Crippen LogP contribution in [0.3, 0.4) is 0 Å². The van der Waals surface area contributed by atoms with Crippen molar-refractivity contribution in [1.29, 1.82) is 0 Å². The zero-order valence-corrected chi connectivity index (χ0v) is 53.7. The van der Waals surface area contributed by atoms with E-state index in [2.05, 4.69) is 43.5 Å². The van der Waals surface area contributed by atoms with E-state index in [-0.39, 0.29) is 0 Å². The van der Waals surface area contributed by atoms with E-state index in [0.717, 1.165) is 38.5 Å². The molecule has 4 atom stereocenters. The molecule has 0 saturated carbocycles. The topological polar surface area (TPSA) is 110 Å². The van der Waals surface area contributed by atoms with Crippen LogP contribution in [-0.2, 0) is 4.79 Å². The van der Waals surface area contributed by atoms with Gasteiger partial charge in [0.05, 0.1) is 18.8 Å². The molecule has 0 bridgehead atoms. The van der Waals surface area contributed by atoms with Gasteiger partial charge in [-0.05, 0) is 64.2 Å². The molecule has 0 aliphatic rings. The van der Waals surface area contributed by atoms with Crippen molar-refractivity contribution in [2.75, 3.05) is 6.61 Å². The average molecular weight is 1110 g/mol. The third-order valence-corrected chi connectivity index (χ3v) is 17.4. The van der Waals surface area contributed by atoms with E-state index >= 15 is 0 Å². The first kappa shape index (κ1) is 77.8. The number of unbranched alkanes of at least 4 members (excludes halogenated alkanes) is 55. The number of hydrogen-bond acceptors (Lipinski definition) is 5. The van der Waals surface area contributed by atoms with E-state index in [0.29, 0.717) is 12.8 Å². The summed E-state index contributed by atoms with van der Waals surface area (Å²) in [5.74, 6) is -0.586. The second-order valence-corrected chi connectivity index (χ2v) is 25.3. The van der Waals surface area contributed by atoms with Crippen LogP contribution in [-0.4, -0.2) is 57.3 Å². The fourth-order valence-electron chi connectivity index (χ4n) is 11.8. The zero-order chi connectivity index (χ0) is 57.3. The normalized spacial score (nSPS) is 13.5. The van der Waals surface area contributed by atoms with Crippen molar-refractivity contribution in [2.45, 2.75) is 430 Å². The van der Waals surface area contributed by atoms with Gasteiger partial charge in [0.1, 0.15) is 12.2 Å². The molecule has 0 fully saturated rings. The fraction of sp³-hybridized carbons (Fsp3) is 0.932. The van der Waals surface area contributed by atoms with Crippen LogP contribution in [0.2, 0.25) is 0 Å². The van der Waals surface area contributed by atoms with Gasteiger partial charge in [0.15, 0.2) is 0 Å². The average Bonchev–Trinajstić information content (AvgIpc) is 3.45. The Bertz CT molecular complexity index is 1210. The van der Waals surface area contributed by atoms with Gasteiger partial charge in [0.2, 0.25) is 5.91 Å². The van der Waals surface area contributed by atoms with E-state index in [9.17, 15) is 25.2 Å². The maximum atomic E-state index is 12.7. The Balaban J connectivity index is 3.53. The molecule has 0 spiro atoms. The highest BCUT2D eigenvalue weighted by Crippen LogP contribution is 2.20. The largest absolute Gasteiger partial charge is 0.394 e. The Morgan fingerprint density at radius 3 is 0.759 bits per heavy atom. The maximum absolute atomic E-state index is 12.7. The van der Waals surface area contributed by atoms with Crippen molar-refractivity contribution in [3.63, 3.8) is 0 Å². The molecule has 0 aliphatic heterocycles. The van der Waals surface area contributed by atoms with Gasteiger partial charge in [-0.15, -0.1) is 0 Å². The molecule has 0 heterocycles. The fourth-order valence-corrected chi connectivity index (χ4v) is 11.8. The van der Waals surface area contributed by atoms with E-state index in [4.69, 9.17) is 0 Å². The third kappa shape index (κ3) is 61.2. The molecule has 0 aromatic carbocycles. The van der Waals surface area contributed by atoms with Crippen LogP contribution in [0.4, 0.5) is 0 Å². The number of aliphatic hydroxyl groups is 4. The molecule has 0 saturated heterocycles. The number of aliphatic hydroxyl groups excluding tert-OH is 4. The summed E-state index contributed by atoms with van der Waals surface area (Å²) in [6.07, 6.45) is 86.1. The van der Waals surface area contributed by atoms with Crippen LogP contribution >= 0.6 is 0 Å². The predicted octanol–water partition coefficient (Wildman–Crippen LogP) is 22.5. The van der Waals surface area contributed by atoms with Gasteiger partial charge in [0, 0.05) is 0 Å². The minimum Gasteiger partial charge on any atom is -0.394 e. The molecule has 5 N–H and O–H groups in total. The first-order chi connectivity index (χ1) is 39.0. The van der Waals surface area contributed by atoms with Gasteiger partial charge in [-0.3, -0.25) is 4.79 Å². The van der Waals surface area contributed by atoms with E-state index in [1.807, 2.05) is 0 Å². The van der Waals surface area contributed by atoms with Crippen molar-refractivity contribution in [2.24, 2.45) is 0 Å². The zero-order valence-electron chi connectivity index (χ0n) is 53.7. The Hall–Kier alpha value is -1.21. The summed E-state index contributed by atoms with van der Waals surface area (Å²) in [7, 11) is 0. The predicted molar refractivity (Wildman–Crippen MR) is 348 cm³/mol. The molecule has 4 unspecified atom stereocenters. The highest BCUT2D eigenvalue weighted by atomic mass is 16.3. The minimum atomic E-state index is -1.28. The molecule has 6 heteroatoms. The van der Waals surface area contributed by atoms with Crippen LogP contribution in [0.15, 0.2) is 24.3 Å². The molecular weight excluding hydrogens is 971 g/mol. The van der Waals surface area contributed by atoms with Gasteiger partial charge < -0.3 is 25.7 Å².